The molecule has 0 aromatic carbocycles. The zero-order chi connectivity index (χ0) is 10.8. The summed E-state index contributed by atoms with van der Waals surface area (Å²) in [5.41, 5.74) is 0.256. The molecular formula is C11H15NO3. The second-order valence-corrected chi connectivity index (χ2v) is 4.17. The maximum Gasteiger partial charge on any atom is 0.339 e. The van der Waals surface area contributed by atoms with E-state index in [1.807, 2.05) is 0 Å². The van der Waals surface area contributed by atoms with Gasteiger partial charge in [0.1, 0.15) is 11.3 Å². The van der Waals surface area contributed by atoms with Crippen molar-refractivity contribution >= 4 is 5.97 Å². The summed E-state index contributed by atoms with van der Waals surface area (Å²) in [4.78, 5) is 10.8. The summed E-state index contributed by atoms with van der Waals surface area (Å²) in [6.07, 6.45) is 2.69. The van der Waals surface area contributed by atoms with E-state index in [4.69, 9.17) is 9.52 Å². The van der Waals surface area contributed by atoms with Crippen LogP contribution >= 0.6 is 0 Å². The van der Waals surface area contributed by atoms with Gasteiger partial charge in [0, 0.05) is 0 Å². The molecule has 1 heterocycles. The molecule has 1 aromatic rings. The van der Waals surface area contributed by atoms with Crippen LogP contribution in [0.1, 0.15) is 29.5 Å². The minimum atomic E-state index is -0.930. The predicted molar refractivity (Wildman–Crippen MR) is 54.6 cm³/mol. The number of carboxylic acids is 1. The van der Waals surface area contributed by atoms with Crippen LogP contribution in [0.25, 0.3) is 0 Å². The molecule has 2 atom stereocenters. The average molecular weight is 209 g/mol. The molecule has 0 aliphatic heterocycles. The largest absolute Gasteiger partial charge is 0.478 e. The Balaban J connectivity index is 1.82. The van der Waals surface area contributed by atoms with Gasteiger partial charge in [0.25, 0.3) is 0 Å². The molecule has 4 nitrogen and oxygen atoms in total. The number of furan rings is 1. The standard InChI is InChI=1S/C11H15NO3/c1-7-4-8(7)5-12-6-10-9(11(13)14)2-3-15-10/h2-3,7-8,12H,4-6H2,1H3,(H,13,14). The van der Waals surface area contributed by atoms with Crippen molar-refractivity contribution in [2.45, 2.75) is 19.9 Å². The van der Waals surface area contributed by atoms with E-state index in [1.54, 1.807) is 0 Å². The first-order valence-corrected chi connectivity index (χ1v) is 5.19. The second-order valence-electron chi connectivity index (χ2n) is 4.17. The van der Waals surface area contributed by atoms with Gasteiger partial charge in [-0.3, -0.25) is 0 Å². The third kappa shape index (κ3) is 2.39. The molecule has 1 aliphatic rings. The lowest BCUT2D eigenvalue weighted by Crippen LogP contribution is -2.17. The van der Waals surface area contributed by atoms with E-state index in [9.17, 15) is 4.79 Å². The zero-order valence-electron chi connectivity index (χ0n) is 8.69. The summed E-state index contributed by atoms with van der Waals surface area (Å²) in [6.45, 7) is 3.67. The molecule has 2 N–H and O–H groups in total. The second kappa shape index (κ2) is 4.06. The van der Waals surface area contributed by atoms with E-state index in [0.717, 1.165) is 18.4 Å². The lowest BCUT2D eigenvalue weighted by molar-refractivity contribution is 0.0694. The Kier molecular flexibility index (Phi) is 2.77. The number of hydrogen-bond donors (Lipinski definition) is 2. The van der Waals surface area contributed by atoms with Crippen LogP contribution in [0.4, 0.5) is 0 Å². The number of aromatic carboxylic acids is 1. The molecule has 0 radical (unpaired) electrons. The molecule has 1 saturated carbocycles. The van der Waals surface area contributed by atoms with Crippen molar-refractivity contribution in [2.24, 2.45) is 11.8 Å². The highest BCUT2D eigenvalue weighted by Gasteiger charge is 2.31. The molecule has 1 aliphatic carbocycles. The van der Waals surface area contributed by atoms with E-state index in [1.165, 1.54) is 18.8 Å². The van der Waals surface area contributed by atoms with Crippen LogP contribution < -0.4 is 5.32 Å². The zero-order valence-corrected chi connectivity index (χ0v) is 8.69. The Morgan fingerprint density at radius 2 is 2.47 bits per heavy atom. The van der Waals surface area contributed by atoms with E-state index in [2.05, 4.69) is 12.2 Å². The molecule has 2 unspecified atom stereocenters. The van der Waals surface area contributed by atoms with Crippen LogP contribution in [0, 0.1) is 11.8 Å². The van der Waals surface area contributed by atoms with Crippen LogP contribution in [0.5, 0.6) is 0 Å². The van der Waals surface area contributed by atoms with Crippen molar-refractivity contribution in [2.75, 3.05) is 6.54 Å². The van der Waals surface area contributed by atoms with Gasteiger partial charge in [-0.05, 0) is 30.9 Å². The van der Waals surface area contributed by atoms with Crippen LogP contribution in [0.2, 0.25) is 0 Å². The van der Waals surface area contributed by atoms with Crippen LogP contribution in [-0.4, -0.2) is 17.6 Å². The average Bonchev–Trinajstić information content (AvgIpc) is 2.71. The fourth-order valence-corrected chi connectivity index (χ4v) is 1.72. The first kappa shape index (κ1) is 10.2. The lowest BCUT2D eigenvalue weighted by Gasteiger charge is -2.02. The summed E-state index contributed by atoms with van der Waals surface area (Å²) in [5.74, 6) is 1.15. The van der Waals surface area contributed by atoms with Crippen LogP contribution in [0.3, 0.4) is 0 Å². The van der Waals surface area contributed by atoms with E-state index in [-0.39, 0.29) is 5.56 Å². The van der Waals surface area contributed by atoms with Gasteiger partial charge >= 0.3 is 5.97 Å². The molecule has 15 heavy (non-hydrogen) atoms. The Bertz CT molecular complexity index is 358. The summed E-state index contributed by atoms with van der Waals surface area (Å²) in [5, 5.41) is 12.0. The number of carboxylic acid groups (broad SMARTS) is 1. The molecule has 4 heteroatoms. The Hall–Kier alpha value is -1.29. The van der Waals surface area contributed by atoms with Crippen molar-refractivity contribution < 1.29 is 14.3 Å². The maximum absolute atomic E-state index is 10.8. The van der Waals surface area contributed by atoms with Gasteiger partial charge in [0.15, 0.2) is 0 Å². The summed E-state index contributed by atoms with van der Waals surface area (Å²) < 4.78 is 5.11. The summed E-state index contributed by atoms with van der Waals surface area (Å²) in [6, 6.07) is 1.49. The first-order valence-electron chi connectivity index (χ1n) is 5.19. The topological polar surface area (TPSA) is 62.5 Å². The van der Waals surface area contributed by atoms with Gasteiger partial charge in [0.2, 0.25) is 0 Å². The molecule has 0 spiro atoms. The maximum atomic E-state index is 10.8. The number of hydrogen-bond acceptors (Lipinski definition) is 3. The van der Waals surface area contributed by atoms with Crippen LogP contribution in [-0.2, 0) is 6.54 Å². The monoisotopic (exact) mass is 209 g/mol. The SMILES string of the molecule is CC1CC1CNCc1occc1C(=O)O. The molecule has 82 valence electrons. The Morgan fingerprint density at radius 3 is 3.07 bits per heavy atom. The molecular weight excluding hydrogens is 194 g/mol. The van der Waals surface area contributed by atoms with E-state index < -0.39 is 5.97 Å². The normalized spacial score (nSPS) is 24.1. The minimum Gasteiger partial charge on any atom is -0.478 e. The van der Waals surface area contributed by atoms with Crippen molar-refractivity contribution in [1.82, 2.24) is 5.32 Å². The fourth-order valence-electron chi connectivity index (χ4n) is 1.72. The molecule has 0 amide bonds. The summed E-state index contributed by atoms with van der Waals surface area (Å²) >= 11 is 0. The Morgan fingerprint density at radius 1 is 1.73 bits per heavy atom. The van der Waals surface area contributed by atoms with Gasteiger partial charge in [-0.2, -0.15) is 0 Å². The van der Waals surface area contributed by atoms with Crippen molar-refractivity contribution in [3.63, 3.8) is 0 Å². The molecule has 2 rings (SSSR count). The Labute approximate surface area is 88.3 Å². The lowest BCUT2D eigenvalue weighted by atomic mass is 10.2. The minimum absolute atomic E-state index is 0.256. The fraction of sp³-hybridized carbons (Fsp3) is 0.545. The number of nitrogens with one attached hydrogen (secondary N) is 1. The van der Waals surface area contributed by atoms with Gasteiger partial charge in [0.05, 0.1) is 12.8 Å². The van der Waals surface area contributed by atoms with Gasteiger partial charge in [-0.1, -0.05) is 6.92 Å². The van der Waals surface area contributed by atoms with Crippen molar-refractivity contribution in [3.05, 3.63) is 23.7 Å². The van der Waals surface area contributed by atoms with Gasteiger partial charge in [-0.15, -0.1) is 0 Å². The van der Waals surface area contributed by atoms with E-state index in [0.29, 0.717) is 12.3 Å². The predicted octanol–water partition coefficient (Wildman–Crippen LogP) is 1.72. The summed E-state index contributed by atoms with van der Waals surface area (Å²) in [7, 11) is 0. The van der Waals surface area contributed by atoms with Crippen molar-refractivity contribution in [1.29, 1.82) is 0 Å². The number of carbonyl (C=O) groups is 1. The van der Waals surface area contributed by atoms with Gasteiger partial charge in [-0.25, -0.2) is 4.79 Å². The quantitative estimate of drug-likeness (QED) is 0.775. The van der Waals surface area contributed by atoms with Crippen molar-refractivity contribution in [3.8, 4) is 0 Å². The highest BCUT2D eigenvalue weighted by molar-refractivity contribution is 5.88. The third-order valence-electron chi connectivity index (χ3n) is 2.94. The third-order valence-corrected chi connectivity index (χ3v) is 2.94. The molecule has 1 aromatic heterocycles. The van der Waals surface area contributed by atoms with E-state index >= 15 is 0 Å². The number of rotatable bonds is 5. The molecule has 0 saturated heterocycles. The van der Waals surface area contributed by atoms with Crippen LogP contribution in [0.15, 0.2) is 16.7 Å². The first-order chi connectivity index (χ1) is 7.18. The van der Waals surface area contributed by atoms with Gasteiger partial charge < -0.3 is 14.8 Å². The molecule has 0 bridgehead atoms. The highest BCUT2D eigenvalue weighted by Crippen LogP contribution is 2.36. The smallest absolute Gasteiger partial charge is 0.339 e. The molecule has 1 fully saturated rings. The highest BCUT2D eigenvalue weighted by atomic mass is 16.4.